The summed E-state index contributed by atoms with van der Waals surface area (Å²) in [6, 6.07) is 5.86. The third kappa shape index (κ3) is 6.72. The lowest BCUT2D eigenvalue weighted by Crippen LogP contribution is -2.37. The fourth-order valence-electron chi connectivity index (χ4n) is 5.14. The molecule has 0 unspecified atom stereocenters. The van der Waals surface area contributed by atoms with Gasteiger partial charge in [-0.1, -0.05) is 17.7 Å². The second-order valence-corrected chi connectivity index (χ2v) is 10.3. The predicted molar refractivity (Wildman–Crippen MR) is 139 cm³/mol. The highest BCUT2D eigenvalue weighted by Crippen LogP contribution is 2.39. The zero-order chi connectivity index (χ0) is 30.8. The molecule has 1 fully saturated rings. The first-order chi connectivity index (χ1) is 19.8. The number of alkyl halides is 3. The van der Waals surface area contributed by atoms with Crippen LogP contribution in [-0.4, -0.2) is 51.1 Å². The highest BCUT2D eigenvalue weighted by atomic mass is 35.5. The number of carbonyl (C=O) groups excluding carboxylic acids is 2. The predicted octanol–water partition coefficient (Wildman–Crippen LogP) is 6.18. The Hall–Kier alpha value is -4.00. The van der Waals surface area contributed by atoms with E-state index in [0.717, 1.165) is 23.2 Å². The van der Waals surface area contributed by atoms with Crippen LogP contribution in [0.3, 0.4) is 0 Å². The van der Waals surface area contributed by atoms with E-state index < -0.39 is 71.8 Å². The monoisotopic (exact) mass is 613 g/mol. The summed E-state index contributed by atoms with van der Waals surface area (Å²) in [6.07, 6.45) is -3.89. The number of methoxy groups -OCH3 is 1. The molecule has 0 bridgehead atoms. The van der Waals surface area contributed by atoms with Crippen LogP contribution in [0.5, 0.6) is 5.75 Å². The standard InChI is InChI=1S/C28H25ClF5N3O5/c1-42-23-4-2-3-21(29)24(23)22(38)14-36(13-15-9-17(30)11-18(31)10-15)26(39)20-12-35-37(25(20)28(32,33)34)19-7-5-16(6-8-19)27(40)41/h2-4,9-12,16,19H,5-8,13-14H2,1H3,(H,40,41). The SMILES string of the molecule is COc1cccc(Cl)c1C(=O)CN(Cc1cc(F)cc(F)c1)C(=O)c1cnn(C2CCC(C(=O)O)CC2)c1C(F)(F)F. The molecule has 0 radical (unpaired) electrons. The lowest BCUT2D eigenvalue weighted by Gasteiger charge is -2.28. The van der Waals surface area contributed by atoms with Crippen molar-refractivity contribution in [2.75, 3.05) is 13.7 Å². The lowest BCUT2D eigenvalue weighted by atomic mass is 9.86. The molecule has 1 heterocycles. The molecular formula is C28H25ClF5N3O5. The molecule has 42 heavy (non-hydrogen) atoms. The summed E-state index contributed by atoms with van der Waals surface area (Å²) in [5, 5.41) is 13.0. The van der Waals surface area contributed by atoms with Crippen molar-refractivity contribution in [2.24, 2.45) is 5.92 Å². The highest BCUT2D eigenvalue weighted by Gasteiger charge is 2.43. The first kappa shape index (κ1) is 30.9. The summed E-state index contributed by atoms with van der Waals surface area (Å²) in [7, 11) is 1.27. The number of amides is 1. The van der Waals surface area contributed by atoms with Gasteiger partial charge in [-0.3, -0.25) is 19.1 Å². The average Bonchev–Trinajstić information content (AvgIpc) is 3.37. The number of carboxylic acid groups (broad SMARTS) is 1. The number of benzene rings is 2. The van der Waals surface area contributed by atoms with Gasteiger partial charge in [-0.05, 0) is 55.5 Å². The van der Waals surface area contributed by atoms with E-state index in [1.807, 2.05) is 0 Å². The third-order valence-corrected chi connectivity index (χ3v) is 7.39. The van der Waals surface area contributed by atoms with Crippen molar-refractivity contribution in [2.45, 2.75) is 44.4 Å². The summed E-state index contributed by atoms with van der Waals surface area (Å²) in [6.45, 7) is -1.44. The van der Waals surface area contributed by atoms with Crippen molar-refractivity contribution in [3.05, 3.63) is 81.6 Å². The molecule has 1 aromatic heterocycles. The first-order valence-corrected chi connectivity index (χ1v) is 13.1. The normalized spacial score (nSPS) is 17.1. The van der Waals surface area contributed by atoms with Crippen LogP contribution in [0.15, 0.2) is 42.6 Å². The molecule has 0 spiro atoms. The molecule has 4 rings (SSSR count). The van der Waals surface area contributed by atoms with Gasteiger partial charge in [0.1, 0.15) is 17.4 Å². The number of hydrogen-bond donors (Lipinski definition) is 1. The number of aliphatic carboxylic acids is 1. The number of ketones is 1. The molecule has 1 aliphatic rings. The van der Waals surface area contributed by atoms with Gasteiger partial charge in [-0.15, -0.1) is 0 Å². The molecule has 1 amide bonds. The van der Waals surface area contributed by atoms with Gasteiger partial charge < -0.3 is 14.7 Å². The van der Waals surface area contributed by atoms with E-state index in [2.05, 4.69) is 5.10 Å². The van der Waals surface area contributed by atoms with Gasteiger partial charge in [0.15, 0.2) is 11.5 Å². The summed E-state index contributed by atoms with van der Waals surface area (Å²) in [4.78, 5) is 39.1. The van der Waals surface area contributed by atoms with Crippen molar-refractivity contribution in [3.63, 3.8) is 0 Å². The van der Waals surface area contributed by atoms with Crippen molar-refractivity contribution >= 4 is 29.3 Å². The minimum atomic E-state index is -5.06. The smallest absolute Gasteiger partial charge is 0.433 e. The highest BCUT2D eigenvalue weighted by molar-refractivity contribution is 6.34. The van der Waals surface area contributed by atoms with E-state index in [-0.39, 0.29) is 47.6 Å². The van der Waals surface area contributed by atoms with Crippen LogP contribution in [0.25, 0.3) is 0 Å². The van der Waals surface area contributed by atoms with Crippen LogP contribution >= 0.6 is 11.6 Å². The van der Waals surface area contributed by atoms with Gasteiger partial charge in [0.2, 0.25) is 0 Å². The fourth-order valence-corrected chi connectivity index (χ4v) is 5.41. The lowest BCUT2D eigenvalue weighted by molar-refractivity contribution is -0.147. The molecule has 0 aliphatic heterocycles. The summed E-state index contributed by atoms with van der Waals surface area (Å²) in [5.41, 5.74) is -2.50. The van der Waals surface area contributed by atoms with Crippen molar-refractivity contribution in [3.8, 4) is 5.75 Å². The van der Waals surface area contributed by atoms with Crippen LogP contribution in [0, 0.1) is 17.6 Å². The number of Topliss-reactive ketones (excluding diaryl/α,β-unsaturated/α-hetero) is 1. The van der Waals surface area contributed by atoms with Crippen LogP contribution in [-0.2, 0) is 17.5 Å². The number of aromatic nitrogens is 2. The van der Waals surface area contributed by atoms with Crippen molar-refractivity contribution < 1.29 is 46.2 Å². The Balaban J connectivity index is 1.73. The van der Waals surface area contributed by atoms with Crippen molar-refractivity contribution in [1.29, 1.82) is 0 Å². The van der Waals surface area contributed by atoms with Gasteiger partial charge in [-0.25, -0.2) is 8.78 Å². The Morgan fingerprint density at radius 3 is 2.31 bits per heavy atom. The van der Waals surface area contributed by atoms with Crippen LogP contribution < -0.4 is 4.74 Å². The maximum Gasteiger partial charge on any atom is 0.433 e. The summed E-state index contributed by atoms with van der Waals surface area (Å²) >= 11 is 6.19. The molecule has 224 valence electrons. The Morgan fingerprint density at radius 2 is 1.74 bits per heavy atom. The minimum Gasteiger partial charge on any atom is -0.496 e. The fraction of sp³-hybridized carbons (Fsp3) is 0.357. The zero-order valence-electron chi connectivity index (χ0n) is 22.1. The topological polar surface area (TPSA) is 102 Å². The maximum atomic E-state index is 14.4. The second kappa shape index (κ2) is 12.5. The largest absolute Gasteiger partial charge is 0.496 e. The van der Waals surface area contributed by atoms with E-state index >= 15 is 0 Å². The van der Waals surface area contributed by atoms with Crippen LogP contribution in [0.1, 0.15) is 63.7 Å². The van der Waals surface area contributed by atoms with E-state index in [4.69, 9.17) is 16.3 Å². The van der Waals surface area contributed by atoms with Gasteiger partial charge in [-0.2, -0.15) is 18.3 Å². The molecule has 14 heteroatoms. The Kier molecular flexibility index (Phi) is 9.19. The molecule has 1 N–H and O–H groups in total. The molecule has 1 saturated carbocycles. The third-order valence-electron chi connectivity index (χ3n) is 7.08. The quantitative estimate of drug-likeness (QED) is 0.228. The Bertz CT molecular complexity index is 1480. The molecule has 0 atom stereocenters. The summed E-state index contributed by atoms with van der Waals surface area (Å²) < 4.78 is 77.0. The maximum absolute atomic E-state index is 14.4. The van der Waals surface area contributed by atoms with E-state index in [1.165, 1.54) is 25.3 Å². The number of ether oxygens (including phenoxy) is 1. The summed E-state index contributed by atoms with van der Waals surface area (Å²) in [5.74, 6) is -5.72. The van der Waals surface area contributed by atoms with Crippen molar-refractivity contribution in [1.82, 2.24) is 14.7 Å². The van der Waals surface area contributed by atoms with Gasteiger partial charge >= 0.3 is 12.1 Å². The van der Waals surface area contributed by atoms with Crippen LogP contribution in [0.2, 0.25) is 5.02 Å². The first-order valence-electron chi connectivity index (χ1n) is 12.8. The molecule has 2 aromatic carbocycles. The van der Waals surface area contributed by atoms with Crippen LogP contribution in [0.4, 0.5) is 22.0 Å². The molecule has 8 nitrogen and oxygen atoms in total. The van der Waals surface area contributed by atoms with E-state index in [1.54, 1.807) is 0 Å². The molecule has 0 saturated heterocycles. The Labute approximate surface area is 241 Å². The molecule has 1 aliphatic carbocycles. The number of carboxylic acids is 1. The molecule has 3 aromatic rings. The number of hydrogen-bond acceptors (Lipinski definition) is 5. The number of nitrogens with zero attached hydrogens (tertiary/aromatic N) is 3. The number of carbonyl (C=O) groups is 3. The van der Waals surface area contributed by atoms with E-state index in [9.17, 15) is 41.4 Å². The molecular weight excluding hydrogens is 589 g/mol. The van der Waals surface area contributed by atoms with Gasteiger partial charge in [0.25, 0.3) is 5.91 Å². The zero-order valence-corrected chi connectivity index (χ0v) is 22.9. The van der Waals surface area contributed by atoms with E-state index in [0.29, 0.717) is 10.7 Å². The minimum absolute atomic E-state index is 0.0377. The average molecular weight is 614 g/mol. The number of rotatable bonds is 9. The van der Waals surface area contributed by atoms with Gasteiger partial charge in [0.05, 0.1) is 48.0 Å². The second-order valence-electron chi connectivity index (χ2n) is 9.87. The number of halogens is 6. The Morgan fingerprint density at radius 1 is 1.10 bits per heavy atom. The van der Waals surface area contributed by atoms with Gasteiger partial charge in [0, 0.05) is 12.6 Å².